The molecule has 1 aromatic rings. The smallest absolute Gasteiger partial charge is 0.253 e. The number of aromatic nitrogens is 1. The van der Waals surface area contributed by atoms with E-state index in [2.05, 4.69) is 24.1 Å². The topological polar surface area (TPSA) is 45.2 Å². The van der Waals surface area contributed by atoms with Gasteiger partial charge in [0.2, 0.25) is 0 Å². The Morgan fingerprint density at radius 1 is 1.42 bits per heavy atom. The van der Waals surface area contributed by atoms with Gasteiger partial charge in [0.25, 0.3) is 5.91 Å². The maximum atomic E-state index is 12.1. The summed E-state index contributed by atoms with van der Waals surface area (Å²) in [6.07, 6.45) is 4.95. The van der Waals surface area contributed by atoms with Gasteiger partial charge in [-0.3, -0.25) is 4.79 Å². The predicted octanol–water partition coefficient (Wildman–Crippen LogP) is 2.46. The van der Waals surface area contributed by atoms with Crippen LogP contribution in [-0.4, -0.2) is 31.0 Å². The Kier molecular flexibility index (Phi) is 3.78. The van der Waals surface area contributed by atoms with Crippen molar-refractivity contribution in [1.29, 1.82) is 0 Å². The van der Waals surface area contributed by atoms with Crippen LogP contribution in [0.1, 0.15) is 43.5 Å². The molecule has 0 saturated heterocycles. The van der Waals surface area contributed by atoms with Gasteiger partial charge in [-0.05, 0) is 36.8 Å². The number of hydrogen-bond donors (Lipinski definition) is 1. The fraction of sp³-hybridized carbons (Fsp3) is 0.600. The Morgan fingerprint density at radius 3 is 2.63 bits per heavy atom. The molecule has 0 aromatic carbocycles. The molecule has 4 nitrogen and oxygen atoms in total. The summed E-state index contributed by atoms with van der Waals surface area (Å²) in [5.74, 6) is 0.846. The van der Waals surface area contributed by atoms with Crippen molar-refractivity contribution in [3.05, 3.63) is 23.9 Å². The summed E-state index contributed by atoms with van der Waals surface area (Å²) >= 11 is 0. The molecule has 104 valence electrons. The molecule has 1 atom stereocenters. The fourth-order valence-electron chi connectivity index (χ4n) is 2.61. The Bertz CT molecular complexity index is 451. The molecule has 1 unspecified atom stereocenters. The molecular formula is C15H23N3O. The van der Waals surface area contributed by atoms with Gasteiger partial charge in [-0.25, -0.2) is 4.98 Å². The summed E-state index contributed by atoms with van der Waals surface area (Å²) in [5, 5.41) is 3.11. The predicted molar refractivity (Wildman–Crippen MR) is 77.5 cm³/mol. The zero-order valence-electron chi connectivity index (χ0n) is 12.2. The lowest BCUT2D eigenvalue weighted by Crippen LogP contribution is -2.33. The molecule has 0 aliphatic heterocycles. The van der Waals surface area contributed by atoms with Crippen molar-refractivity contribution in [3.63, 3.8) is 0 Å². The van der Waals surface area contributed by atoms with Crippen LogP contribution in [0.25, 0.3) is 0 Å². The van der Waals surface area contributed by atoms with E-state index in [-0.39, 0.29) is 5.91 Å². The van der Waals surface area contributed by atoms with Gasteiger partial charge in [-0.15, -0.1) is 0 Å². The van der Waals surface area contributed by atoms with E-state index in [0.717, 1.165) is 18.7 Å². The highest BCUT2D eigenvalue weighted by molar-refractivity contribution is 5.94. The van der Waals surface area contributed by atoms with Crippen molar-refractivity contribution in [1.82, 2.24) is 10.3 Å². The number of anilines is 1. The molecule has 1 aromatic heterocycles. The van der Waals surface area contributed by atoms with Crippen molar-refractivity contribution >= 4 is 11.7 Å². The number of rotatable bonds is 3. The van der Waals surface area contributed by atoms with E-state index in [0.29, 0.717) is 17.0 Å². The quantitative estimate of drug-likeness (QED) is 0.909. The summed E-state index contributed by atoms with van der Waals surface area (Å²) in [5.41, 5.74) is 0.987. The first kappa shape index (κ1) is 13.8. The lowest BCUT2D eigenvalue weighted by molar-refractivity contribution is 0.0935. The SMILES string of the molecule is CN(C)c1ccc(C(=O)NC2CCC(C)(C)C2)cn1. The molecule has 1 saturated carbocycles. The van der Waals surface area contributed by atoms with Gasteiger partial charge >= 0.3 is 0 Å². The van der Waals surface area contributed by atoms with Crippen LogP contribution in [0.4, 0.5) is 5.82 Å². The second kappa shape index (κ2) is 5.19. The van der Waals surface area contributed by atoms with Crippen LogP contribution in [-0.2, 0) is 0 Å². The van der Waals surface area contributed by atoms with E-state index in [1.165, 1.54) is 6.42 Å². The summed E-state index contributed by atoms with van der Waals surface area (Å²) in [6.45, 7) is 4.51. The minimum Gasteiger partial charge on any atom is -0.363 e. The molecule has 1 N–H and O–H groups in total. The number of carbonyl (C=O) groups is 1. The van der Waals surface area contributed by atoms with Crippen LogP contribution in [0.2, 0.25) is 0 Å². The molecule has 19 heavy (non-hydrogen) atoms. The lowest BCUT2D eigenvalue weighted by atomic mass is 9.92. The van der Waals surface area contributed by atoms with E-state index in [1.54, 1.807) is 6.20 Å². The van der Waals surface area contributed by atoms with Crippen LogP contribution in [0.3, 0.4) is 0 Å². The molecule has 1 aliphatic rings. The van der Waals surface area contributed by atoms with Crippen LogP contribution in [0.5, 0.6) is 0 Å². The van der Waals surface area contributed by atoms with Gasteiger partial charge in [-0.1, -0.05) is 13.8 Å². The fourth-order valence-corrected chi connectivity index (χ4v) is 2.61. The second-order valence-electron chi connectivity index (χ2n) is 6.38. The van der Waals surface area contributed by atoms with Gasteiger partial charge in [0.1, 0.15) is 5.82 Å². The number of nitrogens with one attached hydrogen (secondary N) is 1. The van der Waals surface area contributed by atoms with Gasteiger partial charge in [0.05, 0.1) is 5.56 Å². The average Bonchev–Trinajstić information content (AvgIpc) is 2.68. The van der Waals surface area contributed by atoms with E-state index in [4.69, 9.17) is 0 Å². The molecule has 1 aliphatic carbocycles. The molecule has 0 spiro atoms. The van der Waals surface area contributed by atoms with E-state index in [1.807, 2.05) is 31.1 Å². The third-order valence-electron chi connectivity index (χ3n) is 3.77. The molecule has 1 fully saturated rings. The normalized spacial score (nSPS) is 21.2. The molecule has 0 radical (unpaired) electrons. The standard InChI is InChI=1S/C15H23N3O/c1-15(2)8-7-12(9-15)17-14(19)11-5-6-13(16-10-11)18(3)4/h5-6,10,12H,7-9H2,1-4H3,(H,17,19). The van der Waals surface area contributed by atoms with Gasteiger partial charge in [-0.2, -0.15) is 0 Å². The highest BCUT2D eigenvalue weighted by Crippen LogP contribution is 2.36. The summed E-state index contributed by atoms with van der Waals surface area (Å²) in [6, 6.07) is 4.00. The number of nitrogens with zero attached hydrogens (tertiary/aromatic N) is 2. The molecule has 1 heterocycles. The number of carbonyl (C=O) groups excluding carboxylic acids is 1. The van der Waals surface area contributed by atoms with Crippen molar-refractivity contribution in [3.8, 4) is 0 Å². The van der Waals surface area contributed by atoms with Crippen molar-refractivity contribution in [2.24, 2.45) is 5.41 Å². The maximum absolute atomic E-state index is 12.1. The van der Waals surface area contributed by atoms with E-state index >= 15 is 0 Å². The minimum atomic E-state index is -0.0134. The molecule has 4 heteroatoms. The van der Waals surface area contributed by atoms with Crippen LogP contribution in [0.15, 0.2) is 18.3 Å². The van der Waals surface area contributed by atoms with Gasteiger partial charge in [0.15, 0.2) is 0 Å². The van der Waals surface area contributed by atoms with Crippen molar-refractivity contribution < 1.29 is 4.79 Å². The first-order valence-corrected chi connectivity index (χ1v) is 6.82. The minimum absolute atomic E-state index is 0.0134. The van der Waals surface area contributed by atoms with Gasteiger partial charge in [0, 0.05) is 26.3 Å². The zero-order chi connectivity index (χ0) is 14.0. The Hall–Kier alpha value is -1.58. The first-order chi connectivity index (χ1) is 8.87. The number of pyridine rings is 1. The number of hydrogen-bond acceptors (Lipinski definition) is 3. The highest BCUT2D eigenvalue weighted by Gasteiger charge is 2.31. The largest absolute Gasteiger partial charge is 0.363 e. The Morgan fingerprint density at radius 2 is 2.16 bits per heavy atom. The third kappa shape index (κ3) is 3.46. The number of amides is 1. The zero-order valence-corrected chi connectivity index (χ0v) is 12.2. The molecular weight excluding hydrogens is 238 g/mol. The van der Waals surface area contributed by atoms with E-state index < -0.39 is 0 Å². The highest BCUT2D eigenvalue weighted by atomic mass is 16.1. The monoisotopic (exact) mass is 261 g/mol. The maximum Gasteiger partial charge on any atom is 0.253 e. The summed E-state index contributed by atoms with van der Waals surface area (Å²) in [4.78, 5) is 18.3. The van der Waals surface area contributed by atoms with E-state index in [9.17, 15) is 4.79 Å². The molecule has 2 rings (SSSR count). The average molecular weight is 261 g/mol. The van der Waals surface area contributed by atoms with Crippen LogP contribution in [0, 0.1) is 5.41 Å². The Labute approximate surface area is 115 Å². The van der Waals surface area contributed by atoms with Gasteiger partial charge < -0.3 is 10.2 Å². The van der Waals surface area contributed by atoms with Crippen LogP contribution >= 0.6 is 0 Å². The van der Waals surface area contributed by atoms with Crippen molar-refractivity contribution in [2.75, 3.05) is 19.0 Å². The Balaban J connectivity index is 1.97. The second-order valence-corrected chi connectivity index (χ2v) is 6.38. The molecule has 1 amide bonds. The lowest BCUT2D eigenvalue weighted by Gasteiger charge is -2.18. The third-order valence-corrected chi connectivity index (χ3v) is 3.77. The van der Waals surface area contributed by atoms with Crippen LogP contribution < -0.4 is 10.2 Å². The van der Waals surface area contributed by atoms with Crippen molar-refractivity contribution in [2.45, 2.75) is 39.2 Å². The summed E-state index contributed by atoms with van der Waals surface area (Å²) in [7, 11) is 3.87. The first-order valence-electron chi connectivity index (χ1n) is 6.82. The summed E-state index contributed by atoms with van der Waals surface area (Å²) < 4.78 is 0. The molecule has 0 bridgehead atoms.